The van der Waals surface area contributed by atoms with Crippen molar-refractivity contribution in [3.8, 4) is 0 Å². The molecule has 68 valence electrons. The van der Waals surface area contributed by atoms with Crippen LogP contribution in [0.5, 0.6) is 0 Å². The van der Waals surface area contributed by atoms with Crippen LogP contribution in [0.2, 0.25) is 0 Å². The maximum atomic E-state index is 8.97. The van der Waals surface area contributed by atoms with Crippen LogP contribution >= 0.6 is 27.3 Å². The number of hydrogen-bond donors (Lipinski definition) is 2. The molecule has 2 N–H and O–H groups in total. The first-order chi connectivity index (χ1) is 5.68. The zero-order chi connectivity index (χ0) is 8.97. The standard InChI is InChI=1S/C8H12BrNOS/c1-6(11)3-10-4-7-2-8(9)12-5-7/h2,5-6,10-11H,3-4H2,1H3/t6-/m0/s1. The van der Waals surface area contributed by atoms with Gasteiger partial charge in [0, 0.05) is 13.1 Å². The molecular formula is C8H12BrNOS. The van der Waals surface area contributed by atoms with Crippen molar-refractivity contribution < 1.29 is 5.11 Å². The van der Waals surface area contributed by atoms with Gasteiger partial charge in [0.2, 0.25) is 0 Å². The monoisotopic (exact) mass is 249 g/mol. The van der Waals surface area contributed by atoms with Crippen molar-refractivity contribution in [2.75, 3.05) is 6.54 Å². The Morgan fingerprint density at radius 1 is 1.75 bits per heavy atom. The zero-order valence-corrected chi connectivity index (χ0v) is 9.28. The Morgan fingerprint density at radius 3 is 3.00 bits per heavy atom. The van der Waals surface area contributed by atoms with Gasteiger partial charge in [-0.05, 0) is 39.9 Å². The number of hydrogen-bond acceptors (Lipinski definition) is 3. The largest absolute Gasteiger partial charge is 0.392 e. The lowest BCUT2D eigenvalue weighted by Crippen LogP contribution is -2.23. The van der Waals surface area contributed by atoms with Gasteiger partial charge in [0.1, 0.15) is 0 Å². The molecule has 0 aliphatic carbocycles. The molecule has 0 radical (unpaired) electrons. The van der Waals surface area contributed by atoms with Gasteiger partial charge in [0.05, 0.1) is 9.89 Å². The van der Waals surface area contributed by atoms with Crippen LogP contribution < -0.4 is 5.32 Å². The van der Waals surface area contributed by atoms with Gasteiger partial charge in [-0.25, -0.2) is 0 Å². The molecule has 12 heavy (non-hydrogen) atoms. The minimum Gasteiger partial charge on any atom is -0.392 e. The predicted octanol–water partition coefficient (Wildman–Crippen LogP) is 1.98. The number of aliphatic hydroxyl groups is 1. The normalized spacial score (nSPS) is 13.2. The van der Waals surface area contributed by atoms with Crippen LogP contribution in [0.15, 0.2) is 15.2 Å². The van der Waals surface area contributed by atoms with Crippen LogP contribution in [0, 0.1) is 0 Å². The van der Waals surface area contributed by atoms with Gasteiger partial charge in [-0.1, -0.05) is 0 Å². The Balaban J connectivity index is 2.24. The van der Waals surface area contributed by atoms with Crippen molar-refractivity contribution in [1.82, 2.24) is 5.32 Å². The third-order valence-corrected chi connectivity index (χ3v) is 2.94. The Hall–Kier alpha value is 0.100. The van der Waals surface area contributed by atoms with E-state index in [0.717, 1.165) is 10.3 Å². The molecule has 1 rings (SSSR count). The average molecular weight is 250 g/mol. The number of nitrogens with one attached hydrogen (secondary N) is 1. The molecule has 0 aliphatic rings. The summed E-state index contributed by atoms with van der Waals surface area (Å²) in [4.78, 5) is 0. The first kappa shape index (κ1) is 10.2. The molecule has 0 saturated heterocycles. The van der Waals surface area contributed by atoms with Crippen LogP contribution in [-0.4, -0.2) is 17.8 Å². The molecule has 0 saturated carbocycles. The van der Waals surface area contributed by atoms with Crippen LogP contribution in [0.4, 0.5) is 0 Å². The second kappa shape index (κ2) is 4.97. The molecule has 4 heteroatoms. The van der Waals surface area contributed by atoms with Crippen molar-refractivity contribution in [2.24, 2.45) is 0 Å². The number of aliphatic hydroxyl groups excluding tert-OH is 1. The molecule has 1 heterocycles. The number of thiophene rings is 1. The van der Waals surface area contributed by atoms with E-state index in [-0.39, 0.29) is 6.10 Å². The Kier molecular flexibility index (Phi) is 4.21. The van der Waals surface area contributed by atoms with E-state index in [2.05, 4.69) is 32.7 Å². The highest BCUT2D eigenvalue weighted by molar-refractivity contribution is 9.11. The van der Waals surface area contributed by atoms with E-state index in [1.807, 2.05) is 0 Å². The molecule has 0 fully saturated rings. The molecule has 2 nitrogen and oxygen atoms in total. The van der Waals surface area contributed by atoms with Gasteiger partial charge in [0.15, 0.2) is 0 Å². The molecular weight excluding hydrogens is 238 g/mol. The lowest BCUT2D eigenvalue weighted by atomic mass is 10.3. The van der Waals surface area contributed by atoms with Crippen molar-refractivity contribution in [1.29, 1.82) is 0 Å². The molecule has 0 aromatic carbocycles. The lowest BCUT2D eigenvalue weighted by Gasteiger charge is -2.04. The molecule has 1 atom stereocenters. The van der Waals surface area contributed by atoms with Crippen molar-refractivity contribution in [2.45, 2.75) is 19.6 Å². The topological polar surface area (TPSA) is 32.3 Å². The average Bonchev–Trinajstić information content (AvgIpc) is 2.35. The molecule has 1 aromatic heterocycles. The molecule has 0 spiro atoms. The van der Waals surface area contributed by atoms with E-state index in [1.165, 1.54) is 5.56 Å². The molecule has 0 amide bonds. The summed E-state index contributed by atoms with van der Waals surface area (Å²) >= 11 is 5.07. The van der Waals surface area contributed by atoms with Crippen LogP contribution in [0.1, 0.15) is 12.5 Å². The van der Waals surface area contributed by atoms with E-state index in [0.29, 0.717) is 6.54 Å². The summed E-state index contributed by atoms with van der Waals surface area (Å²) in [5, 5.41) is 14.2. The van der Waals surface area contributed by atoms with E-state index in [1.54, 1.807) is 18.3 Å². The minimum atomic E-state index is -0.271. The summed E-state index contributed by atoms with van der Waals surface area (Å²) in [5.41, 5.74) is 1.26. The van der Waals surface area contributed by atoms with E-state index in [9.17, 15) is 0 Å². The summed E-state index contributed by atoms with van der Waals surface area (Å²) in [6.07, 6.45) is -0.271. The minimum absolute atomic E-state index is 0.271. The summed E-state index contributed by atoms with van der Waals surface area (Å²) < 4.78 is 1.15. The fraction of sp³-hybridized carbons (Fsp3) is 0.500. The quantitative estimate of drug-likeness (QED) is 0.856. The number of halogens is 1. The summed E-state index contributed by atoms with van der Waals surface area (Å²) in [5.74, 6) is 0. The van der Waals surface area contributed by atoms with Gasteiger partial charge in [-0.3, -0.25) is 0 Å². The van der Waals surface area contributed by atoms with Crippen molar-refractivity contribution in [3.63, 3.8) is 0 Å². The van der Waals surface area contributed by atoms with Crippen molar-refractivity contribution >= 4 is 27.3 Å². The van der Waals surface area contributed by atoms with Crippen LogP contribution in [0.25, 0.3) is 0 Å². The van der Waals surface area contributed by atoms with Gasteiger partial charge in [-0.15, -0.1) is 11.3 Å². The van der Waals surface area contributed by atoms with Gasteiger partial charge in [0.25, 0.3) is 0 Å². The maximum absolute atomic E-state index is 8.97. The second-order valence-electron chi connectivity index (χ2n) is 2.74. The fourth-order valence-corrected chi connectivity index (χ4v) is 2.07. The Labute approximate surface area is 84.7 Å². The number of rotatable bonds is 4. The summed E-state index contributed by atoms with van der Waals surface area (Å²) in [6, 6.07) is 2.08. The molecule has 1 aromatic rings. The SMILES string of the molecule is C[C@H](O)CNCc1csc(Br)c1. The smallest absolute Gasteiger partial charge is 0.0701 e. The van der Waals surface area contributed by atoms with Gasteiger partial charge < -0.3 is 10.4 Å². The fourth-order valence-electron chi connectivity index (χ4n) is 0.864. The van der Waals surface area contributed by atoms with Gasteiger partial charge in [-0.2, -0.15) is 0 Å². The predicted molar refractivity (Wildman–Crippen MR) is 55.4 cm³/mol. The first-order valence-electron chi connectivity index (χ1n) is 3.80. The lowest BCUT2D eigenvalue weighted by molar-refractivity contribution is 0.191. The summed E-state index contributed by atoms with van der Waals surface area (Å²) in [6.45, 7) is 3.25. The highest BCUT2D eigenvalue weighted by Gasteiger charge is 1.97. The second-order valence-corrected chi connectivity index (χ2v) is 5.03. The highest BCUT2D eigenvalue weighted by Crippen LogP contribution is 2.20. The highest BCUT2D eigenvalue weighted by atomic mass is 79.9. The third kappa shape index (κ3) is 3.67. The van der Waals surface area contributed by atoms with Crippen LogP contribution in [0.3, 0.4) is 0 Å². The first-order valence-corrected chi connectivity index (χ1v) is 5.47. The van der Waals surface area contributed by atoms with E-state index < -0.39 is 0 Å². The Morgan fingerprint density at radius 2 is 2.50 bits per heavy atom. The van der Waals surface area contributed by atoms with E-state index >= 15 is 0 Å². The van der Waals surface area contributed by atoms with Crippen molar-refractivity contribution in [3.05, 3.63) is 20.8 Å². The zero-order valence-electron chi connectivity index (χ0n) is 6.88. The maximum Gasteiger partial charge on any atom is 0.0701 e. The molecule has 0 unspecified atom stereocenters. The van der Waals surface area contributed by atoms with Gasteiger partial charge >= 0.3 is 0 Å². The van der Waals surface area contributed by atoms with Crippen LogP contribution in [-0.2, 0) is 6.54 Å². The summed E-state index contributed by atoms with van der Waals surface area (Å²) in [7, 11) is 0. The third-order valence-electron chi connectivity index (χ3n) is 1.39. The Bertz CT molecular complexity index is 237. The molecule has 0 bridgehead atoms. The van der Waals surface area contributed by atoms with E-state index in [4.69, 9.17) is 5.11 Å². The molecule has 0 aliphatic heterocycles.